The molecule has 2 heterocycles. The molecular formula is C26H29N3O3. The van der Waals surface area contributed by atoms with Crippen LogP contribution in [-0.4, -0.2) is 44.7 Å². The molecule has 0 bridgehead atoms. The minimum atomic E-state index is -0.540. The molecule has 1 aromatic heterocycles. The quantitative estimate of drug-likeness (QED) is 0.547. The molecule has 3 aromatic rings. The van der Waals surface area contributed by atoms with Crippen molar-refractivity contribution in [2.24, 2.45) is 0 Å². The van der Waals surface area contributed by atoms with Crippen molar-refractivity contribution in [1.82, 2.24) is 15.1 Å². The molecule has 0 spiro atoms. The lowest BCUT2D eigenvalue weighted by Crippen LogP contribution is -2.41. The summed E-state index contributed by atoms with van der Waals surface area (Å²) in [5.41, 5.74) is 2.97. The van der Waals surface area contributed by atoms with Gasteiger partial charge in [-0.1, -0.05) is 54.6 Å². The number of carbonyl (C=O) groups excluding carboxylic acids is 1. The van der Waals surface area contributed by atoms with E-state index in [-0.39, 0.29) is 12.2 Å². The Balaban J connectivity index is 1.27. The second kappa shape index (κ2) is 10.0. The van der Waals surface area contributed by atoms with Crippen molar-refractivity contribution in [1.29, 1.82) is 0 Å². The standard InChI is InChI=1S/C26H29N3O3/c1-26(31)13-15-29(16-14-26)18-20-7-9-22(10-8-20)24(30)17-23-11-12-25(28-27-23)32-19-21-5-3-2-4-6-21/h2-12,31H,13-19H2,1H3. The van der Waals surface area contributed by atoms with Gasteiger partial charge in [-0.15, -0.1) is 5.10 Å². The molecule has 0 unspecified atom stereocenters. The third-order valence-electron chi connectivity index (χ3n) is 5.88. The molecule has 0 saturated carbocycles. The number of aliphatic hydroxyl groups is 1. The third kappa shape index (κ3) is 6.22. The van der Waals surface area contributed by atoms with E-state index in [1.807, 2.05) is 61.5 Å². The zero-order valence-corrected chi connectivity index (χ0v) is 18.4. The number of ketones is 1. The van der Waals surface area contributed by atoms with Gasteiger partial charge in [0.25, 0.3) is 0 Å². The van der Waals surface area contributed by atoms with Gasteiger partial charge in [0.2, 0.25) is 5.88 Å². The van der Waals surface area contributed by atoms with Crippen LogP contribution in [0.5, 0.6) is 5.88 Å². The topological polar surface area (TPSA) is 75.5 Å². The molecule has 0 atom stereocenters. The predicted octanol–water partition coefficient (Wildman–Crippen LogP) is 3.83. The molecule has 6 nitrogen and oxygen atoms in total. The maximum Gasteiger partial charge on any atom is 0.233 e. The normalized spacial score (nSPS) is 15.9. The van der Waals surface area contributed by atoms with Gasteiger partial charge in [-0.2, -0.15) is 5.10 Å². The van der Waals surface area contributed by atoms with Gasteiger partial charge in [-0.25, -0.2) is 0 Å². The fourth-order valence-electron chi connectivity index (χ4n) is 3.76. The number of piperidine rings is 1. The maximum atomic E-state index is 12.6. The van der Waals surface area contributed by atoms with Gasteiger partial charge in [0.15, 0.2) is 5.78 Å². The number of hydrogen-bond donors (Lipinski definition) is 1. The van der Waals surface area contributed by atoms with Crippen molar-refractivity contribution < 1.29 is 14.6 Å². The van der Waals surface area contributed by atoms with Gasteiger partial charge < -0.3 is 9.84 Å². The summed E-state index contributed by atoms with van der Waals surface area (Å²) in [7, 11) is 0. The molecule has 1 aliphatic heterocycles. The number of likely N-dealkylation sites (tertiary alicyclic amines) is 1. The molecule has 4 rings (SSSR count). The zero-order valence-electron chi connectivity index (χ0n) is 18.4. The summed E-state index contributed by atoms with van der Waals surface area (Å²) in [6.07, 6.45) is 1.79. The molecule has 0 radical (unpaired) electrons. The molecular weight excluding hydrogens is 402 g/mol. The molecule has 32 heavy (non-hydrogen) atoms. The summed E-state index contributed by atoms with van der Waals surface area (Å²) >= 11 is 0. The first-order valence-corrected chi connectivity index (χ1v) is 11.0. The number of carbonyl (C=O) groups is 1. The molecule has 2 aromatic carbocycles. The summed E-state index contributed by atoms with van der Waals surface area (Å²) in [4.78, 5) is 15.0. The average Bonchev–Trinajstić information content (AvgIpc) is 2.81. The van der Waals surface area contributed by atoms with Crippen LogP contribution in [0.2, 0.25) is 0 Å². The van der Waals surface area contributed by atoms with Gasteiger partial charge in [-0.3, -0.25) is 9.69 Å². The molecule has 0 aliphatic carbocycles. The van der Waals surface area contributed by atoms with Gasteiger partial charge in [0.05, 0.1) is 17.7 Å². The van der Waals surface area contributed by atoms with E-state index in [4.69, 9.17) is 4.74 Å². The minimum Gasteiger partial charge on any atom is -0.472 e. The van der Waals surface area contributed by atoms with Crippen LogP contribution in [0.4, 0.5) is 0 Å². The zero-order chi connectivity index (χ0) is 22.4. The summed E-state index contributed by atoms with van der Waals surface area (Å²) in [5.74, 6) is 0.450. The van der Waals surface area contributed by atoms with E-state index in [1.54, 1.807) is 12.1 Å². The van der Waals surface area contributed by atoms with Gasteiger partial charge in [-0.05, 0) is 37.0 Å². The lowest BCUT2D eigenvalue weighted by molar-refractivity contribution is -0.00730. The highest BCUT2D eigenvalue weighted by Gasteiger charge is 2.27. The average molecular weight is 432 g/mol. The van der Waals surface area contributed by atoms with E-state index in [1.165, 1.54) is 5.56 Å². The van der Waals surface area contributed by atoms with E-state index < -0.39 is 5.60 Å². The summed E-state index contributed by atoms with van der Waals surface area (Å²) in [5, 5.41) is 18.3. The van der Waals surface area contributed by atoms with Crippen molar-refractivity contribution in [3.63, 3.8) is 0 Å². The first-order valence-electron chi connectivity index (χ1n) is 11.0. The van der Waals surface area contributed by atoms with Crippen molar-refractivity contribution in [3.05, 3.63) is 89.1 Å². The van der Waals surface area contributed by atoms with Crippen molar-refractivity contribution >= 4 is 5.78 Å². The first-order chi connectivity index (χ1) is 15.5. The Morgan fingerprint density at radius 2 is 1.69 bits per heavy atom. The number of ether oxygens (including phenoxy) is 1. The molecule has 0 amide bonds. The molecule has 166 valence electrons. The van der Waals surface area contributed by atoms with Crippen LogP contribution in [0.15, 0.2) is 66.7 Å². The second-order valence-corrected chi connectivity index (χ2v) is 8.71. The lowest BCUT2D eigenvalue weighted by Gasteiger charge is -2.35. The first kappa shape index (κ1) is 22.1. The molecule has 1 N–H and O–H groups in total. The fourth-order valence-corrected chi connectivity index (χ4v) is 3.76. The Morgan fingerprint density at radius 3 is 2.34 bits per heavy atom. The van der Waals surface area contributed by atoms with Crippen LogP contribution in [-0.2, 0) is 19.6 Å². The second-order valence-electron chi connectivity index (χ2n) is 8.71. The SMILES string of the molecule is CC1(O)CCN(Cc2ccc(C(=O)Cc3ccc(OCc4ccccc4)nn3)cc2)CC1. The van der Waals surface area contributed by atoms with E-state index in [0.717, 1.165) is 38.0 Å². The van der Waals surface area contributed by atoms with Gasteiger partial charge in [0, 0.05) is 31.3 Å². The fraction of sp³-hybridized carbons (Fsp3) is 0.346. The van der Waals surface area contributed by atoms with E-state index in [2.05, 4.69) is 15.1 Å². The highest BCUT2D eigenvalue weighted by molar-refractivity contribution is 5.97. The van der Waals surface area contributed by atoms with E-state index in [0.29, 0.717) is 23.7 Å². The number of hydrogen-bond acceptors (Lipinski definition) is 6. The lowest BCUT2D eigenvalue weighted by atomic mass is 9.93. The van der Waals surface area contributed by atoms with Crippen LogP contribution in [0.3, 0.4) is 0 Å². The highest BCUT2D eigenvalue weighted by atomic mass is 16.5. The minimum absolute atomic E-state index is 0.0119. The highest BCUT2D eigenvalue weighted by Crippen LogP contribution is 2.22. The van der Waals surface area contributed by atoms with Crippen LogP contribution in [0.25, 0.3) is 0 Å². The number of aromatic nitrogens is 2. The van der Waals surface area contributed by atoms with Gasteiger partial charge in [0.1, 0.15) is 6.61 Å². The van der Waals surface area contributed by atoms with Crippen LogP contribution in [0.1, 0.15) is 46.9 Å². The van der Waals surface area contributed by atoms with Gasteiger partial charge >= 0.3 is 0 Å². The van der Waals surface area contributed by atoms with Crippen LogP contribution < -0.4 is 4.74 Å². The number of Topliss-reactive ketones (excluding diaryl/α,β-unsaturated/α-hetero) is 1. The monoisotopic (exact) mass is 431 g/mol. The molecule has 1 aliphatic rings. The Labute approximate surface area is 188 Å². The van der Waals surface area contributed by atoms with Crippen molar-refractivity contribution in [2.75, 3.05) is 13.1 Å². The van der Waals surface area contributed by atoms with E-state index in [9.17, 15) is 9.90 Å². The van der Waals surface area contributed by atoms with Crippen molar-refractivity contribution in [2.45, 2.75) is 44.9 Å². The Morgan fingerprint density at radius 1 is 0.969 bits per heavy atom. The smallest absolute Gasteiger partial charge is 0.233 e. The Hall–Kier alpha value is -3.09. The number of rotatable bonds is 8. The maximum absolute atomic E-state index is 12.6. The third-order valence-corrected chi connectivity index (χ3v) is 5.88. The number of nitrogens with zero attached hydrogens (tertiary/aromatic N) is 3. The molecule has 1 fully saturated rings. The Kier molecular flexibility index (Phi) is 6.93. The largest absolute Gasteiger partial charge is 0.472 e. The summed E-state index contributed by atoms with van der Waals surface area (Å²) in [6.45, 7) is 4.94. The number of benzene rings is 2. The molecule has 6 heteroatoms. The van der Waals surface area contributed by atoms with E-state index >= 15 is 0 Å². The van der Waals surface area contributed by atoms with Crippen LogP contribution in [0, 0.1) is 0 Å². The molecule has 1 saturated heterocycles. The summed E-state index contributed by atoms with van der Waals surface area (Å²) < 4.78 is 5.65. The Bertz CT molecular complexity index is 1010. The predicted molar refractivity (Wildman–Crippen MR) is 122 cm³/mol. The summed E-state index contributed by atoms with van der Waals surface area (Å²) in [6, 6.07) is 21.2. The van der Waals surface area contributed by atoms with Crippen LogP contribution >= 0.6 is 0 Å². The van der Waals surface area contributed by atoms with Crippen molar-refractivity contribution in [3.8, 4) is 5.88 Å².